The number of pyridine rings is 2. The number of rotatable bonds is 9. The van der Waals surface area contributed by atoms with Crippen LogP contribution in [0.5, 0.6) is 5.88 Å². The number of hydrogen-bond donors (Lipinski definition) is 1. The highest BCUT2D eigenvalue weighted by Gasteiger charge is 2.46. The van der Waals surface area contributed by atoms with Crippen LogP contribution in [0, 0.1) is 5.92 Å². The molecular weight excluding hydrogens is 561 g/mol. The summed E-state index contributed by atoms with van der Waals surface area (Å²) in [7, 11) is -0.619. The zero-order valence-corrected chi connectivity index (χ0v) is 23.5. The zero-order valence-electron chi connectivity index (χ0n) is 22.6. The number of methoxy groups -OCH3 is 1. The van der Waals surface area contributed by atoms with Crippen molar-refractivity contribution in [2.45, 2.75) is 50.6 Å². The van der Waals surface area contributed by atoms with Gasteiger partial charge in [0.05, 0.1) is 48.7 Å². The van der Waals surface area contributed by atoms with Crippen LogP contribution in [0.2, 0.25) is 0 Å². The van der Waals surface area contributed by atoms with Crippen molar-refractivity contribution in [3.8, 4) is 5.88 Å². The largest absolute Gasteiger partial charge is 0.481 e. The molecule has 1 N–H and O–H groups in total. The number of ether oxygens (including phenoxy) is 2. The Morgan fingerprint density at radius 2 is 1.78 bits per heavy atom. The van der Waals surface area contributed by atoms with E-state index in [9.17, 15) is 26.4 Å². The van der Waals surface area contributed by atoms with E-state index in [1.54, 1.807) is 18.3 Å². The first-order chi connectivity index (χ1) is 19.4. The van der Waals surface area contributed by atoms with Crippen LogP contribution >= 0.6 is 0 Å². The van der Waals surface area contributed by atoms with Crippen molar-refractivity contribution in [3.63, 3.8) is 0 Å². The van der Waals surface area contributed by atoms with Gasteiger partial charge in [-0.1, -0.05) is 12.1 Å². The lowest BCUT2D eigenvalue weighted by Gasteiger charge is -2.34. The molecule has 1 saturated heterocycles. The third-order valence-electron chi connectivity index (χ3n) is 7.44. The summed E-state index contributed by atoms with van der Waals surface area (Å²) in [6, 6.07) is 6.99. The molecular formula is C28H31F3N4O5S. The summed E-state index contributed by atoms with van der Waals surface area (Å²) >= 11 is 0. The number of carbonyl (C=O) groups excluding carboxylic acids is 1. The van der Waals surface area contributed by atoms with Gasteiger partial charge in [-0.2, -0.15) is 13.2 Å². The average molecular weight is 593 g/mol. The fraction of sp³-hybridized carbons (Fsp3) is 0.464. The van der Waals surface area contributed by atoms with E-state index in [0.29, 0.717) is 33.2 Å². The van der Waals surface area contributed by atoms with Gasteiger partial charge in [0.2, 0.25) is 11.8 Å². The summed E-state index contributed by atoms with van der Waals surface area (Å²) in [6.07, 6.45) is -0.903. The van der Waals surface area contributed by atoms with Crippen LogP contribution in [0.3, 0.4) is 0 Å². The monoisotopic (exact) mass is 592 g/mol. The lowest BCUT2D eigenvalue weighted by atomic mass is 9.98. The average Bonchev–Trinajstić information content (AvgIpc) is 3.76. The molecule has 2 aromatic heterocycles. The Labute approximate surface area is 236 Å². The lowest BCUT2D eigenvalue weighted by Crippen LogP contribution is -2.44. The molecule has 5 rings (SSSR count). The Morgan fingerprint density at radius 1 is 1.10 bits per heavy atom. The van der Waals surface area contributed by atoms with E-state index in [4.69, 9.17) is 9.47 Å². The summed E-state index contributed by atoms with van der Waals surface area (Å²) in [5.41, 5.74) is 2.99. The van der Waals surface area contributed by atoms with Gasteiger partial charge in [0, 0.05) is 30.3 Å². The van der Waals surface area contributed by atoms with E-state index in [2.05, 4.69) is 15.3 Å². The molecule has 0 bridgehead atoms. The number of alkyl halides is 3. The number of sulfone groups is 1. The van der Waals surface area contributed by atoms with E-state index in [-0.39, 0.29) is 42.6 Å². The van der Waals surface area contributed by atoms with Crippen LogP contribution in [0.25, 0.3) is 11.0 Å². The maximum absolute atomic E-state index is 14.2. The highest BCUT2D eigenvalue weighted by Crippen LogP contribution is 2.39. The number of anilines is 2. The molecule has 41 heavy (non-hydrogen) atoms. The Kier molecular flexibility index (Phi) is 8.11. The standard InChI is InChI=1S/C28H31F3N4O5S/c1-35(27(36)18-11-13-41(37,38)14-12-18)26(28(29,30)31)17-3-5-19(6-4-17)33-23-15-32-22-9-10-24(39-2)34-25(22)21(23)16-40-20-7-8-20/h3-6,9-10,15,18,20,26,33H,7-8,11-14,16H2,1-2H3/t26-/m0/s1. The van der Waals surface area contributed by atoms with E-state index in [1.807, 2.05) is 0 Å². The Hall–Kier alpha value is -3.45. The molecule has 3 heterocycles. The predicted octanol–water partition coefficient (Wildman–Crippen LogP) is 4.95. The summed E-state index contributed by atoms with van der Waals surface area (Å²) in [6.45, 7) is 0.274. The lowest BCUT2D eigenvalue weighted by molar-refractivity contribution is -0.190. The molecule has 220 valence electrons. The summed E-state index contributed by atoms with van der Waals surface area (Å²) in [5.74, 6) is -1.46. The first-order valence-corrected chi connectivity index (χ1v) is 15.1. The van der Waals surface area contributed by atoms with Gasteiger partial charge in [0.15, 0.2) is 6.04 Å². The minimum atomic E-state index is -4.74. The fourth-order valence-corrected chi connectivity index (χ4v) is 6.48. The first kappa shape index (κ1) is 29.1. The van der Waals surface area contributed by atoms with Crippen LogP contribution in [0.15, 0.2) is 42.6 Å². The third kappa shape index (κ3) is 6.72. The van der Waals surface area contributed by atoms with Gasteiger partial charge < -0.3 is 19.7 Å². The topological polar surface area (TPSA) is 111 Å². The van der Waals surface area contributed by atoms with Crippen molar-refractivity contribution < 1.29 is 35.9 Å². The van der Waals surface area contributed by atoms with Gasteiger partial charge in [-0.3, -0.25) is 9.78 Å². The second kappa shape index (κ2) is 11.4. The normalized spacial score (nSPS) is 18.2. The molecule has 1 aromatic carbocycles. The Balaban J connectivity index is 1.38. The van der Waals surface area contributed by atoms with Gasteiger partial charge in [-0.05, 0) is 49.4 Å². The number of benzene rings is 1. The van der Waals surface area contributed by atoms with Crippen molar-refractivity contribution in [2.75, 3.05) is 31.0 Å². The molecule has 0 unspecified atom stereocenters. The molecule has 13 heteroatoms. The number of amides is 1. The van der Waals surface area contributed by atoms with Gasteiger partial charge >= 0.3 is 6.18 Å². The van der Waals surface area contributed by atoms with Crippen molar-refractivity contribution in [3.05, 3.63) is 53.7 Å². The molecule has 2 fully saturated rings. The second-order valence-electron chi connectivity index (χ2n) is 10.4. The number of nitrogens with one attached hydrogen (secondary N) is 1. The summed E-state index contributed by atoms with van der Waals surface area (Å²) in [4.78, 5) is 22.7. The molecule has 1 saturated carbocycles. The highest BCUT2D eigenvalue weighted by molar-refractivity contribution is 7.91. The second-order valence-corrected chi connectivity index (χ2v) is 12.8. The van der Waals surface area contributed by atoms with Gasteiger partial charge in [-0.15, -0.1) is 0 Å². The van der Waals surface area contributed by atoms with Crippen LogP contribution < -0.4 is 10.1 Å². The minimum Gasteiger partial charge on any atom is -0.481 e. The number of halogens is 3. The maximum atomic E-state index is 14.2. The molecule has 3 aromatic rings. The Bertz CT molecular complexity index is 1510. The van der Waals surface area contributed by atoms with E-state index < -0.39 is 33.9 Å². The summed E-state index contributed by atoms with van der Waals surface area (Å²) < 4.78 is 77.3. The zero-order chi connectivity index (χ0) is 29.4. The fourth-order valence-electron chi connectivity index (χ4n) is 4.99. The molecule has 0 radical (unpaired) electrons. The minimum absolute atomic E-state index is 0.0201. The van der Waals surface area contributed by atoms with Crippen molar-refractivity contribution in [1.82, 2.24) is 14.9 Å². The van der Waals surface area contributed by atoms with Gasteiger partial charge in [0.25, 0.3) is 0 Å². The van der Waals surface area contributed by atoms with Crippen LogP contribution in [0.4, 0.5) is 24.5 Å². The molecule has 2 aliphatic rings. The van der Waals surface area contributed by atoms with Crippen LogP contribution in [0.1, 0.15) is 42.9 Å². The quantitative estimate of drug-likeness (QED) is 0.372. The molecule has 9 nitrogen and oxygen atoms in total. The number of carbonyl (C=O) groups is 1. The van der Waals surface area contributed by atoms with E-state index >= 15 is 0 Å². The Morgan fingerprint density at radius 3 is 2.39 bits per heavy atom. The molecule has 1 atom stereocenters. The number of hydrogen-bond acceptors (Lipinski definition) is 8. The van der Waals surface area contributed by atoms with Crippen molar-refractivity contribution >= 4 is 38.2 Å². The first-order valence-electron chi connectivity index (χ1n) is 13.3. The van der Waals surface area contributed by atoms with Gasteiger partial charge in [0.1, 0.15) is 15.4 Å². The number of aromatic nitrogens is 2. The predicted molar refractivity (Wildman–Crippen MR) is 147 cm³/mol. The molecule has 0 spiro atoms. The van der Waals surface area contributed by atoms with Crippen LogP contribution in [-0.4, -0.2) is 67.1 Å². The number of nitrogens with zero attached hydrogens (tertiary/aromatic N) is 3. The molecule has 1 aliphatic carbocycles. The maximum Gasteiger partial charge on any atom is 0.413 e. The SMILES string of the molecule is COc1ccc2ncc(Nc3ccc([C@H](N(C)C(=O)C4CCS(=O)(=O)CC4)C(F)(F)F)cc3)c(COC3CC3)c2n1. The van der Waals surface area contributed by atoms with Gasteiger partial charge in [-0.25, -0.2) is 13.4 Å². The van der Waals surface area contributed by atoms with E-state index in [0.717, 1.165) is 25.5 Å². The van der Waals surface area contributed by atoms with Crippen molar-refractivity contribution in [1.29, 1.82) is 0 Å². The van der Waals surface area contributed by atoms with Crippen molar-refractivity contribution in [2.24, 2.45) is 5.92 Å². The third-order valence-corrected chi connectivity index (χ3v) is 9.16. The van der Waals surface area contributed by atoms with Crippen LogP contribution in [-0.2, 0) is 26.0 Å². The molecule has 1 aliphatic heterocycles. The highest BCUT2D eigenvalue weighted by atomic mass is 32.2. The summed E-state index contributed by atoms with van der Waals surface area (Å²) in [5, 5.41) is 3.22. The smallest absolute Gasteiger partial charge is 0.413 e. The van der Waals surface area contributed by atoms with E-state index in [1.165, 1.54) is 31.4 Å². The molecule has 1 amide bonds. The number of fused-ring (bicyclic) bond motifs is 1.